The molecule has 0 radical (unpaired) electrons. The molecular weight excluding hydrogens is 258 g/mol. The van der Waals surface area contributed by atoms with E-state index in [9.17, 15) is 14.7 Å². The summed E-state index contributed by atoms with van der Waals surface area (Å²) in [6.45, 7) is 5.53. The van der Waals surface area contributed by atoms with E-state index < -0.39 is 17.3 Å². The van der Waals surface area contributed by atoms with E-state index in [1.165, 1.54) is 7.11 Å². The number of methoxy groups -OCH3 is 1. The fourth-order valence-corrected chi connectivity index (χ4v) is 2.70. The van der Waals surface area contributed by atoms with E-state index in [2.05, 4.69) is 4.99 Å². The molecule has 20 heavy (non-hydrogen) atoms. The van der Waals surface area contributed by atoms with E-state index in [0.717, 1.165) is 6.42 Å². The molecular formula is C15H23NO4. The predicted octanol–water partition coefficient (Wildman–Crippen LogP) is 2.46. The highest BCUT2D eigenvalue weighted by Gasteiger charge is 2.47. The van der Waals surface area contributed by atoms with Crippen LogP contribution in [0.2, 0.25) is 0 Å². The third-order valence-corrected chi connectivity index (χ3v) is 3.69. The van der Waals surface area contributed by atoms with Crippen molar-refractivity contribution in [2.75, 3.05) is 14.2 Å². The molecule has 5 heteroatoms. The third kappa shape index (κ3) is 2.92. The Morgan fingerprint density at radius 2 is 2.10 bits per heavy atom. The summed E-state index contributed by atoms with van der Waals surface area (Å²) in [5.41, 5.74) is 0.0894. The molecule has 0 saturated heterocycles. The van der Waals surface area contributed by atoms with Crippen molar-refractivity contribution in [3.05, 3.63) is 11.3 Å². The van der Waals surface area contributed by atoms with Gasteiger partial charge in [0.05, 0.1) is 12.7 Å². The molecule has 1 N–H and O–H groups in total. The smallest absolute Gasteiger partial charge is 0.316 e. The number of hydrogen-bond donors (Lipinski definition) is 1. The van der Waals surface area contributed by atoms with E-state index >= 15 is 0 Å². The van der Waals surface area contributed by atoms with Crippen molar-refractivity contribution >= 4 is 17.5 Å². The summed E-state index contributed by atoms with van der Waals surface area (Å²) in [5.74, 6) is -1.72. The Bertz CT molecular complexity index is 474. The summed E-state index contributed by atoms with van der Waals surface area (Å²) < 4.78 is 4.77. The highest BCUT2D eigenvalue weighted by Crippen LogP contribution is 2.42. The number of Topliss-reactive ketones (excluding diaryl/α,β-unsaturated/α-hetero) is 1. The van der Waals surface area contributed by atoms with Crippen LogP contribution < -0.4 is 0 Å². The molecule has 0 aliphatic heterocycles. The van der Waals surface area contributed by atoms with Crippen molar-refractivity contribution in [2.45, 2.75) is 40.0 Å². The van der Waals surface area contributed by atoms with Crippen molar-refractivity contribution in [2.24, 2.45) is 16.3 Å². The lowest BCUT2D eigenvalue weighted by atomic mass is 9.67. The van der Waals surface area contributed by atoms with Crippen molar-refractivity contribution in [1.82, 2.24) is 0 Å². The monoisotopic (exact) mass is 281 g/mol. The fraction of sp³-hybridized carbons (Fsp3) is 0.667. The summed E-state index contributed by atoms with van der Waals surface area (Å²) in [6.07, 6.45) is 1.59. The maximum absolute atomic E-state index is 12.3. The van der Waals surface area contributed by atoms with Crippen LogP contribution in [0, 0.1) is 11.3 Å². The van der Waals surface area contributed by atoms with Gasteiger partial charge in [-0.2, -0.15) is 0 Å². The molecule has 0 aromatic heterocycles. The quantitative estimate of drug-likeness (QED) is 0.634. The Kier molecular flexibility index (Phi) is 5.09. The second-order valence-corrected chi connectivity index (χ2v) is 5.73. The SMILES string of the molecule is CCCC(=NC)C1=C(O)[C@H](C(=O)OC)C(C)(C)CC1=O. The number of hydrogen-bond acceptors (Lipinski definition) is 5. The lowest BCUT2D eigenvalue weighted by molar-refractivity contribution is -0.150. The Balaban J connectivity index is 3.40. The van der Waals surface area contributed by atoms with E-state index in [0.29, 0.717) is 12.1 Å². The van der Waals surface area contributed by atoms with Crippen molar-refractivity contribution in [3.63, 3.8) is 0 Å². The number of nitrogens with zero attached hydrogens (tertiary/aromatic N) is 1. The summed E-state index contributed by atoms with van der Waals surface area (Å²) in [6, 6.07) is 0. The minimum atomic E-state index is -0.825. The van der Waals surface area contributed by atoms with Gasteiger partial charge in [0.1, 0.15) is 11.7 Å². The number of aliphatic hydroxyl groups is 1. The topological polar surface area (TPSA) is 76.0 Å². The van der Waals surface area contributed by atoms with E-state index in [-0.39, 0.29) is 23.5 Å². The first-order valence-corrected chi connectivity index (χ1v) is 6.80. The van der Waals surface area contributed by atoms with Gasteiger partial charge in [-0.3, -0.25) is 14.6 Å². The Labute approximate surface area is 119 Å². The zero-order valence-electron chi connectivity index (χ0n) is 12.8. The van der Waals surface area contributed by atoms with Crippen LogP contribution in [0.5, 0.6) is 0 Å². The Morgan fingerprint density at radius 1 is 1.50 bits per heavy atom. The van der Waals surface area contributed by atoms with Gasteiger partial charge in [0.25, 0.3) is 0 Å². The van der Waals surface area contributed by atoms with Crippen LogP contribution in [0.3, 0.4) is 0 Å². The van der Waals surface area contributed by atoms with Crippen LogP contribution >= 0.6 is 0 Å². The van der Waals surface area contributed by atoms with Crippen LogP contribution in [0.15, 0.2) is 16.3 Å². The molecule has 112 valence electrons. The fourth-order valence-electron chi connectivity index (χ4n) is 2.70. The van der Waals surface area contributed by atoms with Crippen LogP contribution in [0.25, 0.3) is 0 Å². The molecule has 1 atom stereocenters. The van der Waals surface area contributed by atoms with Crippen molar-refractivity contribution in [1.29, 1.82) is 0 Å². The number of carbonyl (C=O) groups is 2. The normalized spacial score (nSPS) is 22.9. The van der Waals surface area contributed by atoms with Gasteiger partial charge in [0.15, 0.2) is 5.78 Å². The molecule has 0 amide bonds. The van der Waals surface area contributed by atoms with Gasteiger partial charge >= 0.3 is 5.97 Å². The summed E-state index contributed by atoms with van der Waals surface area (Å²) in [7, 11) is 2.87. The van der Waals surface area contributed by atoms with Gasteiger partial charge in [-0.05, 0) is 11.8 Å². The maximum Gasteiger partial charge on any atom is 0.316 e. The zero-order chi connectivity index (χ0) is 15.5. The maximum atomic E-state index is 12.3. The van der Waals surface area contributed by atoms with Gasteiger partial charge in [-0.15, -0.1) is 0 Å². The number of allylic oxidation sites excluding steroid dienone is 1. The van der Waals surface area contributed by atoms with Crippen LogP contribution in [0.4, 0.5) is 0 Å². The first-order valence-electron chi connectivity index (χ1n) is 6.80. The number of aliphatic imine (C=N–C) groups is 1. The number of ketones is 1. The average Bonchev–Trinajstić information content (AvgIpc) is 2.35. The third-order valence-electron chi connectivity index (χ3n) is 3.69. The van der Waals surface area contributed by atoms with Gasteiger partial charge in [0.2, 0.25) is 0 Å². The highest BCUT2D eigenvalue weighted by molar-refractivity contribution is 6.23. The second kappa shape index (κ2) is 6.20. The molecule has 0 bridgehead atoms. The largest absolute Gasteiger partial charge is 0.511 e. The Hall–Kier alpha value is -1.65. The lowest BCUT2D eigenvalue weighted by Gasteiger charge is -2.36. The first-order chi connectivity index (χ1) is 9.30. The summed E-state index contributed by atoms with van der Waals surface area (Å²) in [5, 5.41) is 10.4. The standard InChI is InChI=1S/C15H23NO4/c1-6-7-9(16-4)11-10(17)8-15(2,3)12(13(11)18)14(19)20-5/h12,18H,6-8H2,1-5H3/t12-/m1/s1. The molecule has 1 aliphatic rings. The molecule has 1 rings (SSSR count). The van der Waals surface area contributed by atoms with Crippen LogP contribution in [-0.2, 0) is 14.3 Å². The molecule has 0 heterocycles. The minimum Gasteiger partial charge on any atom is -0.511 e. The van der Waals surface area contributed by atoms with Crippen LogP contribution in [-0.4, -0.2) is 36.7 Å². The average molecular weight is 281 g/mol. The predicted molar refractivity (Wildman–Crippen MR) is 76.8 cm³/mol. The number of aliphatic hydroxyl groups excluding tert-OH is 1. The minimum absolute atomic E-state index is 0.165. The lowest BCUT2D eigenvalue weighted by Crippen LogP contribution is -2.41. The van der Waals surface area contributed by atoms with E-state index in [4.69, 9.17) is 4.74 Å². The molecule has 0 saturated carbocycles. The number of rotatable bonds is 4. The van der Waals surface area contributed by atoms with Gasteiger partial charge in [0, 0.05) is 19.2 Å². The Morgan fingerprint density at radius 3 is 2.55 bits per heavy atom. The zero-order valence-corrected chi connectivity index (χ0v) is 12.8. The van der Waals surface area contributed by atoms with Crippen LogP contribution in [0.1, 0.15) is 40.0 Å². The number of esters is 1. The summed E-state index contributed by atoms with van der Waals surface area (Å²) in [4.78, 5) is 28.3. The van der Waals surface area contributed by atoms with E-state index in [1.807, 2.05) is 6.92 Å². The molecule has 5 nitrogen and oxygen atoms in total. The van der Waals surface area contributed by atoms with Gasteiger partial charge in [-0.1, -0.05) is 27.2 Å². The molecule has 0 spiro atoms. The summed E-state index contributed by atoms with van der Waals surface area (Å²) >= 11 is 0. The molecule has 0 aromatic carbocycles. The van der Waals surface area contributed by atoms with Gasteiger partial charge in [-0.25, -0.2) is 0 Å². The number of carbonyl (C=O) groups excluding carboxylic acids is 2. The highest BCUT2D eigenvalue weighted by atomic mass is 16.5. The van der Waals surface area contributed by atoms with Gasteiger partial charge < -0.3 is 9.84 Å². The molecule has 0 aromatic rings. The number of ether oxygens (including phenoxy) is 1. The van der Waals surface area contributed by atoms with Crippen molar-refractivity contribution < 1.29 is 19.4 Å². The molecule has 0 fully saturated rings. The van der Waals surface area contributed by atoms with Crippen molar-refractivity contribution in [3.8, 4) is 0 Å². The first kappa shape index (κ1) is 16.4. The molecule has 0 unspecified atom stereocenters. The molecule has 1 aliphatic carbocycles. The van der Waals surface area contributed by atoms with E-state index in [1.54, 1.807) is 20.9 Å². The second-order valence-electron chi connectivity index (χ2n) is 5.73.